The Balaban J connectivity index is 0.000000514. The number of H-pyrrole nitrogens is 1. The van der Waals surface area contributed by atoms with E-state index in [-0.39, 0.29) is 0 Å². The van der Waals surface area contributed by atoms with Crippen molar-refractivity contribution in [2.45, 2.75) is 13.8 Å². The maximum atomic E-state index is 5.21. The third-order valence-electron chi connectivity index (χ3n) is 2.25. The van der Waals surface area contributed by atoms with Crippen LogP contribution in [0.25, 0.3) is 22.1 Å². The normalized spacial score (nSPS) is 9.71. The summed E-state index contributed by atoms with van der Waals surface area (Å²) in [4.78, 5) is 7.31. The second-order valence-electron chi connectivity index (χ2n) is 3.15. The van der Waals surface area contributed by atoms with Gasteiger partial charge in [-0.1, -0.05) is 32.0 Å². The Bertz CT molecular complexity index is 691. The molecule has 84 valence electrons. The molecule has 0 fully saturated rings. The molecule has 0 saturated heterocycles. The summed E-state index contributed by atoms with van der Waals surface area (Å²) in [5.74, 6) is 2.66. The maximum absolute atomic E-state index is 5.21. The van der Waals surface area contributed by atoms with Crippen molar-refractivity contribution in [3.05, 3.63) is 30.1 Å². The lowest BCUT2D eigenvalue weighted by Crippen LogP contribution is -1.92. The molecule has 0 saturated carbocycles. The summed E-state index contributed by atoms with van der Waals surface area (Å²) in [6, 6.07) is 7.84. The third-order valence-corrected chi connectivity index (χ3v) is 2.25. The molecule has 3 aromatic rings. The van der Waals surface area contributed by atoms with Crippen LogP contribution in [-0.2, 0) is 0 Å². The van der Waals surface area contributed by atoms with E-state index in [2.05, 4.69) is 26.1 Å². The summed E-state index contributed by atoms with van der Waals surface area (Å²) in [5, 5.41) is 8.89. The second-order valence-corrected chi connectivity index (χ2v) is 3.15. The van der Waals surface area contributed by atoms with Gasteiger partial charge in [-0.2, -0.15) is 4.98 Å². The van der Waals surface area contributed by atoms with Crippen molar-refractivity contribution >= 4 is 22.1 Å². The van der Waals surface area contributed by atoms with Gasteiger partial charge in [0.15, 0.2) is 5.65 Å². The van der Waals surface area contributed by atoms with Gasteiger partial charge in [0, 0.05) is 10.9 Å². The predicted molar refractivity (Wildman–Crippen MR) is 68.5 cm³/mol. The van der Waals surface area contributed by atoms with Crippen LogP contribution in [0, 0.1) is 12.3 Å². The molecule has 1 aromatic carbocycles. The number of nitrogens with one attached hydrogen (secondary N) is 1. The van der Waals surface area contributed by atoms with Crippen LogP contribution >= 0.6 is 0 Å². The fraction of sp³-hybridized carbons (Fsp3) is 0.154. The van der Waals surface area contributed by atoms with Gasteiger partial charge in [-0.05, 0) is 12.0 Å². The zero-order chi connectivity index (χ0) is 12.3. The van der Waals surface area contributed by atoms with Gasteiger partial charge in [-0.3, -0.25) is 0 Å². The number of hydrogen-bond acceptors (Lipinski definition) is 3. The molecule has 0 aliphatic carbocycles. The molecular weight excluding hydrogens is 212 g/mol. The van der Waals surface area contributed by atoms with Gasteiger partial charge in [0.1, 0.15) is 5.52 Å². The van der Waals surface area contributed by atoms with Gasteiger partial charge >= 0.3 is 0 Å². The Morgan fingerprint density at radius 2 is 1.94 bits per heavy atom. The highest BCUT2D eigenvalue weighted by Gasteiger charge is 2.06. The minimum absolute atomic E-state index is 0.300. The number of terminal acetylenes is 1. The molecule has 4 nitrogen and oxygen atoms in total. The Hall–Kier alpha value is -2.41. The molecule has 17 heavy (non-hydrogen) atoms. The van der Waals surface area contributed by atoms with Crippen LogP contribution in [0.5, 0.6) is 0 Å². The molecule has 4 heteroatoms. The smallest absolute Gasteiger partial charge is 0.227 e. The van der Waals surface area contributed by atoms with Crippen molar-refractivity contribution < 1.29 is 0 Å². The lowest BCUT2D eigenvalue weighted by molar-refractivity contribution is 0.997. The average molecular weight is 224 g/mol. The summed E-state index contributed by atoms with van der Waals surface area (Å²) >= 11 is 0. The van der Waals surface area contributed by atoms with Gasteiger partial charge < -0.3 is 4.98 Å². The Morgan fingerprint density at radius 3 is 2.71 bits per heavy atom. The molecule has 0 spiro atoms. The van der Waals surface area contributed by atoms with Gasteiger partial charge in [-0.15, -0.1) is 16.6 Å². The van der Waals surface area contributed by atoms with Crippen molar-refractivity contribution in [2.75, 3.05) is 0 Å². The van der Waals surface area contributed by atoms with Crippen LogP contribution in [0.1, 0.15) is 19.7 Å². The van der Waals surface area contributed by atoms with Crippen LogP contribution in [0.4, 0.5) is 0 Å². The zero-order valence-corrected chi connectivity index (χ0v) is 9.73. The van der Waals surface area contributed by atoms with Crippen molar-refractivity contribution in [1.29, 1.82) is 0 Å². The van der Waals surface area contributed by atoms with E-state index < -0.39 is 0 Å². The number of aromatic amines is 1. The van der Waals surface area contributed by atoms with E-state index in [0.717, 1.165) is 16.4 Å². The van der Waals surface area contributed by atoms with Crippen molar-refractivity contribution in [2.24, 2.45) is 0 Å². The largest absolute Gasteiger partial charge is 0.338 e. The van der Waals surface area contributed by atoms with Gasteiger partial charge in [0.05, 0.1) is 0 Å². The second kappa shape index (κ2) is 4.62. The number of fused-ring (bicyclic) bond motifs is 3. The summed E-state index contributed by atoms with van der Waals surface area (Å²) in [6.07, 6.45) is 5.21. The maximum Gasteiger partial charge on any atom is 0.227 e. The van der Waals surface area contributed by atoms with Gasteiger partial charge in [0.25, 0.3) is 0 Å². The number of nitrogens with zero attached hydrogens (tertiary/aromatic N) is 3. The molecule has 0 aliphatic rings. The van der Waals surface area contributed by atoms with E-state index in [9.17, 15) is 0 Å². The molecule has 0 atom stereocenters. The summed E-state index contributed by atoms with van der Waals surface area (Å²) < 4.78 is 0. The molecule has 1 N–H and O–H groups in total. The first-order valence-electron chi connectivity index (χ1n) is 5.46. The van der Waals surface area contributed by atoms with Crippen LogP contribution in [-0.4, -0.2) is 20.2 Å². The molecule has 0 radical (unpaired) electrons. The van der Waals surface area contributed by atoms with E-state index in [1.165, 1.54) is 0 Å². The number of aromatic nitrogens is 4. The molecule has 3 rings (SSSR count). The van der Waals surface area contributed by atoms with E-state index in [0.29, 0.717) is 11.5 Å². The van der Waals surface area contributed by atoms with Crippen molar-refractivity contribution in [3.8, 4) is 12.3 Å². The fourth-order valence-electron chi connectivity index (χ4n) is 1.58. The standard InChI is InChI=1S/C11H6N4.C2H6/c1-2-9-13-11-10(15-14-9)7-5-3-4-6-8(7)12-11;1-2/h1,3-6H,(H,12,13,14);1-2H3. The Morgan fingerprint density at radius 1 is 1.18 bits per heavy atom. The lowest BCUT2D eigenvalue weighted by Gasteiger charge is -1.88. The Labute approximate surface area is 99.1 Å². The van der Waals surface area contributed by atoms with Crippen LogP contribution < -0.4 is 0 Å². The van der Waals surface area contributed by atoms with E-state index in [1.54, 1.807) is 0 Å². The number of hydrogen-bond donors (Lipinski definition) is 1. The Kier molecular flexibility index (Phi) is 3.01. The fourth-order valence-corrected chi connectivity index (χ4v) is 1.58. The summed E-state index contributed by atoms with van der Waals surface area (Å²) in [7, 11) is 0. The first kappa shape index (κ1) is 11.1. The lowest BCUT2D eigenvalue weighted by atomic mass is 10.2. The number of para-hydroxylation sites is 1. The van der Waals surface area contributed by atoms with Gasteiger partial charge in [0.2, 0.25) is 5.82 Å². The van der Waals surface area contributed by atoms with E-state index in [1.807, 2.05) is 38.1 Å². The topological polar surface area (TPSA) is 54.5 Å². The van der Waals surface area contributed by atoms with E-state index in [4.69, 9.17) is 6.42 Å². The quantitative estimate of drug-likeness (QED) is 0.597. The molecule has 2 heterocycles. The SMILES string of the molecule is C#Cc1nnc2c(n1)[nH]c1ccccc12.CC. The van der Waals surface area contributed by atoms with Gasteiger partial charge in [-0.25, -0.2) is 0 Å². The highest BCUT2D eigenvalue weighted by atomic mass is 15.2. The highest BCUT2D eigenvalue weighted by molar-refractivity contribution is 6.02. The molecule has 0 aliphatic heterocycles. The van der Waals surface area contributed by atoms with Crippen LogP contribution in [0.3, 0.4) is 0 Å². The minimum atomic E-state index is 0.300. The predicted octanol–water partition coefficient (Wildman–Crippen LogP) is 2.51. The van der Waals surface area contributed by atoms with E-state index >= 15 is 0 Å². The first-order chi connectivity index (χ1) is 8.38. The van der Waals surface area contributed by atoms with Crippen molar-refractivity contribution in [3.63, 3.8) is 0 Å². The first-order valence-corrected chi connectivity index (χ1v) is 5.46. The molecule has 0 amide bonds. The average Bonchev–Trinajstić information content (AvgIpc) is 2.78. The number of rotatable bonds is 0. The van der Waals surface area contributed by atoms with Crippen LogP contribution in [0.15, 0.2) is 24.3 Å². The highest BCUT2D eigenvalue weighted by Crippen LogP contribution is 2.20. The molecular formula is C13H12N4. The molecule has 0 unspecified atom stereocenters. The third kappa shape index (κ3) is 1.83. The van der Waals surface area contributed by atoms with Crippen LogP contribution in [0.2, 0.25) is 0 Å². The number of benzene rings is 1. The summed E-state index contributed by atoms with van der Waals surface area (Å²) in [6.45, 7) is 4.00. The van der Waals surface area contributed by atoms with Crippen molar-refractivity contribution in [1.82, 2.24) is 20.2 Å². The minimum Gasteiger partial charge on any atom is -0.338 e. The summed E-state index contributed by atoms with van der Waals surface area (Å²) in [5.41, 5.74) is 2.42. The molecule has 2 aromatic heterocycles. The zero-order valence-electron chi connectivity index (χ0n) is 9.73. The molecule has 0 bridgehead atoms. The monoisotopic (exact) mass is 224 g/mol.